The third kappa shape index (κ3) is 0.657. The molecule has 0 radical (unpaired) electrons. The Labute approximate surface area is 95.4 Å². The van der Waals surface area contributed by atoms with Crippen LogP contribution in [0.3, 0.4) is 0 Å². The fourth-order valence-corrected chi connectivity index (χ4v) is 6.60. The predicted octanol–water partition coefficient (Wildman–Crippen LogP) is 2.25. The Morgan fingerprint density at radius 3 is 2.19 bits per heavy atom. The van der Waals surface area contributed by atoms with E-state index < -0.39 is 5.97 Å². The summed E-state index contributed by atoms with van der Waals surface area (Å²) in [6, 6.07) is 0. The van der Waals surface area contributed by atoms with Crippen molar-refractivity contribution >= 4 is 5.97 Å². The zero-order valence-corrected chi connectivity index (χ0v) is 9.38. The molecular formula is C14H18O2. The molecule has 5 aliphatic carbocycles. The largest absolute Gasteiger partial charge is 0.481 e. The van der Waals surface area contributed by atoms with E-state index in [1.165, 1.54) is 19.3 Å². The summed E-state index contributed by atoms with van der Waals surface area (Å²) in [6.45, 7) is 0. The van der Waals surface area contributed by atoms with Crippen LogP contribution in [0.2, 0.25) is 0 Å². The van der Waals surface area contributed by atoms with Crippen LogP contribution in [0.25, 0.3) is 0 Å². The van der Waals surface area contributed by atoms with Crippen LogP contribution in [-0.2, 0) is 4.79 Å². The van der Waals surface area contributed by atoms with Crippen molar-refractivity contribution in [1.29, 1.82) is 0 Å². The molecular weight excluding hydrogens is 200 g/mol. The van der Waals surface area contributed by atoms with Gasteiger partial charge in [-0.25, -0.2) is 0 Å². The van der Waals surface area contributed by atoms with Crippen LogP contribution >= 0.6 is 0 Å². The molecule has 5 aliphatic rings. The summed E-state index contributed by atoms with van der Waals surface area (Å²) >= 11 is 0. The van der Waals surface area contributed by atoms with Gasteiger partial charge in [-0.1, -0.05) is 0 Å². The first-order valence-electron chi connectivity index (χ1n) is 6.99. The van der Waals surface area contributed by atoms with Gasteiger partial charge in [0.05, 0.1) is 0 Å². The van der Waals surface area contributed by atoms with Crippen molar-refractivity contribution in [2.75, 3.05) is 0 Å². The molecule has 0 aliphatic heterocycles. The van der Waals surface area contributed by atoms with Crippen LogP contribution in [0.1, 0.15) is 25.7 Å². The molecule has 9 unspecified atom stereocenters. The topological polar surface area (TPSA) is 37.3 Å². The first-order valence-corrected chi connectivity index (χ1v) is 6.99. The summed E-state index contributed by atoms with van der Waals surface area (Å²) < 4.78 is 0. The van der Waals surface area contributed by atoms with Crippen LogP contribution in [0.5, 0.6) is 0 Å². The number of carbonyl (C=O) groups is 1. The zero-order chi connectivity index (χ0) is 10.6. The fraction of sp³-hybridized carbons (Fsp3) is 0.929. The molecule has 5 fully saturated rings. The van der Waals surface area contributed by atoms with E-state index in [1.54, 1.807) is 0 Å². The Bertz CT molecular complexity index is 384. The standard InChI is InChI=1S/C14H18O2/c15-9(16)4-5-3-8-10(5)14-12-7-2-1-6(7)11(12)13(8)14/h5-8,10-14H,1-4H2,(H,15,16). The maximum absolute atomic E-state index is 10.8. The smallest absolute Gasteiger partial charge is 0.303 e. The predicted molar refractivity (Wildman–Crippen MR) is 57.5 cm³/mol. The van der Waals surface area contributed by atoms with E-state index in [4.69, 9.17) is 5.11 Å². The molecule has 5 rings (SSSR count). The average Bonchev–Trinajstić information content (AvgIpc) is 2.16. The van der Waals surface area contributed by atoms with Crippen LogP contribution < -0.4 is 0 Å². The molecule has 0 bridgehead atoms. The van der Waals surface area contributed by atoms with E-state index in [0.29, 0.717) is 12.3 Å². The van der Waals surface area contributed by atoms with E-state index in [0.717, 1.165) is 47.3 Å². The molecule has 0 aromatic heterocycles. The molecule has 2 nitrogen and oxygen atoms in total. The van der Waals surface area contributed by atoms with Crippen LogP contribution in [-0.4, -0.2) is 11.1 Å². The van der Waals surface area contributed by atoms with Crippen molar-refractivity contribution in [1.82, 2.24) is 0 Å². The number of aliphatic carboxylic acids is 1. The number of hydrogen-bond donors (Lipinski definition) is 1. The zero-order valence-electron chi connectivity index (χ0n) is 9.38. The second-order valence-electron chi connectivity index (χ2n) is 7.05. The van der Waals surface area contributed by atoms with Gasteiger partial charge in [-0.15, -0.1) is 0 Å². The van der Waals surface area contributed by atoms with Crippen molar-refractivity contribution in [3.63, 3.8) is 0 Å². The quantitative estimate of drug-likeness (QED) is 0.722. The van der Waals surface area contributed by atoms with Gasteiger partial charge in [0.25, 0.3) is 0 Å². The molecule has 86 valence electrons. The van der Waals surface area contributed by atoms with E-state index >= 15 is 0 Å². The van der Waals surface area contributed by atoms with E-state index in [1.807, 2.05) is 0 Å². The Balaban J connectivity index is 1.34. The van der Waals surface area contributed by atoms with Gasteiger partial charge in [-0.3, -0.25) is 4.79 Å². The third-order valence-corrected chi connectivity index (χ3v) is 7.14. The Morgan fingerprint density at radius 1 is 0.938 bits per heavy atom. The lowest BCUT2D eigenvalue weighted by Gasteiger charge is -2.85. The van der Waals surface area contributed by atoms with Crippen LogP contribution in [0.15, 0.2) is 0 Å². The molecule has 1 N–H and O–H groups in total. The Hall–Kier alpha value is -0.530. The highest BCUT2D eigenvalue weighted by Gasteiger charge is 2.79. The number of carboxylic acids is 1. The van der Waals surface area contributed by atoms with Crippen molar-refractivity contribution in [3.05, 3.63) is 0 Å². The molecule has 0 spiro atoms. The fourth-order valence-electron chi connectivity index (χ4n) is 6.60. The number of rotatable bonds is 2. The second-order valence-corrected chi connectivity index (χ2v) is 7.05. The van der Waals surface area contributed by atoms with Gasteiger partial charge in [0.15, 0.2) is 0 Å². The minimum Gasteiger partial charge on any atom is -0.481 e. The lowest BCUT2D eigenvalue weighted by atomic mass is 9.20. The first-order chi connectivity index (χ1) is 7.77. The second kappa shape index (κ2) is 2.34. The maximum Gasteiger partial charge on any atom is 0.303 e. The molecule has 0 saturated heterocycles. The molecule has 0 aromatic carbocycles. The molecule has 0 heterocycles. The minimum absolute atomic E-state index is 0.454. The van der Waals surface area contributed by atoms with Gasteiger partial charge >= 0.3 is 5.97 Å². The van der Waals surface area contributed by atoms with Crippen molar-refractivity contribution in [3.8, 4) is 0 Å². The summed E-state index contributed by atoms with van der Waals surface area (Å²) in [7, 11) is 0. The number of carboxylic acid groups (broad SMARTS) is 1. The molecule has 16 heavy (non-hydrogen) atoms. The van der Waals surface area contributed by atoms with Gasteiger partial charge in [-0.05, 0) is 72.5 Å². The van der Waals surface area contributed by atoms with Crippen molar-refractivity contribution in [2.45, 2.75) is 25.7 Å². The monoisotopic (exact) mass is 218 g/mol. The Kier molecular flexibility index (Phi) is 1.25. The molecule has 2 heteroatoms. The highest BCUT2D eigenvalue weighted by Crippen LogP contribution is 2.84. The first kappa shape index (κ1) is 8.54. The van der Waals surface area contributed by atoms with E-state index in [9.17, 15) is 4.79 Å². The normalized spacial score (nSPS) is 67.4. The summed E-state index contributed by atoms with van der Waals surface area (Å²) in [5, 5.41) is 8.88. The Morgan fingerprint density at radius 2 is 1.56 bits per heavy atom. The van der Waals surface area contributed by atoms with Crippen molar-refractivity contribution in [2.24, 2.45) is 53.3 Å². The highest BCUT2D eigenvalue weighted by atomic mass is 16.4. The van der Waals surface area contributed by atoms with Gasteiger partial charge in [-0.2, -0.15) is 0 Å². The SMILES string of the molecule is O=C(O)CC1CC2C1C1C3C4CCC4C3C21. The lowest BCUT2D eigenvalue weighted by Crippen LogP contribution is -2.80. The summed E-state index contributed by atoms with van der Waals surface area (Å²) in [5.41, 5.74) is 0. The van der Waals surface area contributed by atoms with Gasteiger partial charge in [0.1, 0.15) is 0 Å². The highest BCUT2D eigenvalue weighted by molar-refractivity contribution is 5.67. The van der Waals surface area contributed by atoms with E-state index in [2.05, 4.69) is 0 Å². The van der Waals surface area contributed by atoms with E-state index in [-0.39, 0.29) is 0 Å². The summed E-state index contributed by atoms with van der Waals surface area (Å²) in [5.74, 6) is 8.29. The van der Waals surface area contributed by atoms with Gasteiger partial charge < -0.3 is 5.11 Å². The van der Waals surface area contributed by atoms with Crippen LogP contribution in [0, 0.1) is 53.3 Å². The minimum atomic E-state index is -0.571. The average molecular weight is 218 g/mol. The molecule has 0 aromatic rings. The number of hydrogen-bond acceptors (Lipinski definition) is 1. The molecule has 9 atom stereocenters. The van der Waals surface area contributed by atoms with Gasteiger partial charge in [0.2, 0.25) is 0 Å². The molecule has 5 saturated carbocycles. The third-order valence-electron chi connectivity index (χ3n) is 7.14. The number of fused-ring (bicyclic) bond motifs is 10. The summed E-state index contributed by atoms with van der Waals surface area (Å²) in [4.78, 5) is 10.8. The summed E-state index contributed by atoms with van der Waals surface area (Å²) in [6.07, 6.45) is 4.72. The maximum atomic E-state index is 10.8. The van der Waals surface area contributed by atoms with Gasteiger partial charge in [0, 0.05) is 6.42 Å². The van der Waals surface area contributed by atoms with Crippen LogP contribution in [0.4, 0.5) is 0 Å². The lowest BCUT2D eigenvalue weighted by molar-refractivity contribution is -0.375. The van der Waals surface area contributed by atoms with Crippen molar-refractivity contribution < 1.29 is 9.90 Å². The molecule has 0 amide bonds.